The maximum absolute atomic E-state index is 15.2. The van der Waals surface area contributed by atoms with Crippen molar-refractivity contribution < 1.29 is 110 Å². The minimum atomic E-state index is -2.91. The van der Waals surface area contributed by atoms with Crippen molar-refractivity contribution in [3.8, 4) is 0 Å². The summed E-state index contributed by atoms with van der Waals surface area (Å²) in [5.74, 6) is -35.5. The van der Waals surface area contributed by atoms with Gasteiger partial charge in [0.05, 0.1) is 61.4 Å². The van der Waals surface area contributed by atoms with Gasteiger partial charge in [-0.25, -0.2) is 0 Å². The van der Waals surface area contributed by atoms with Gasteiger partial charge in [-0.3, -0.25) is 116 Å². The van der Waals surface area contributed by atoms with Crippen LogP contribution in [0.25, 0.3) is 0 Å². The molecule has 670 valence electrons. The first kappa shape index (κ1) is 108. The lowest BCUT2D eigenvalue weighted by molar-refractivity contribution is -0.144. The fourth-order valence-electron chi connectivity index (χ4n) is 10.8. The lowest BCUT2D eigenvalue weighted by Gasteiger charge is -2.30. The number of hydrogen-bond acceptors (Lipinski definition) is 36. The second-order valence-electron chi connectivity index (χ2n) is 29.1. The molecule has 0 aliphatic rings. The van der Waals surface area contributed by atoms with Crippen LogP contribution in [-0.2, 0) is 110 Å². The number of carbonyl (C=O) groups excluding carboxylic acids is 23. The number of ketones is 9. The van der Waals surface area contributed by atoms with Crippen molar-refractivity contribution in [1.82, 2.24) is 69.1 Å². The molecule has 0 rings (SSSR count). The molecule has 0 aromatic rings. The molecule has 20 atom stereocenters. The van der Waals surface area contributed by atoms with Crippen LogP contribution in [0.3, 0.4) is 0 Å². The summed E-state index contributed by atoms with van der Waals surface area (Å²) in [5.41, 5.74) is 75.5. The van der Waals surface area contributed by atoms with Crippen molar-refractivity contribution >= 4 is 135 Å². The number of likely N-dealkylation sites (N-methyl/N-ethyl adjacent to an activating group) is 1. The van der Waals surface area contributed by atoms with Crippen LogP contribution >= 0.6 is 0 Å². The average Bonchev–Trinajstić information content (AvgIpc) is 0.823. The Balaban J connectivity index is 8.89. The van der Waals surface area contributed by atoms with Crippen molar-refractivity contribution in [2.75, 3.05) is 26.7 Å². The lowest BCUT2D eigenvalue weighted by Crippen LogP contribution is -2.68. The van der Waals surface area contributed by atoms with Crippen LogP contribution < -0.4 is 144 Å². The Labute approximate surface area is 685 Å². The van der Waals surface area contributed by atoms with Crippen LogP contribution in [-0.4, -0.2) is 277 Å². The zero-order valence-electron chi connectivity index (χ0n) is 68.4. The normalized spacial score (nSPS) is 16.4. The highest BCUT2D eigenvalue weighted by Gasteiger charge is 2.47. The first-order valence-corrected chi connectivity index (χ1v) is 38.0. The van der Waals surface area contributed by atoms with Crippen LogP contribution in [0.2, 0.25) is 0 Å². The third-order valence-corrected chi connectivity index (χ3v) is 18.8. The molecule has 0 heterocycles. The molecule has 0 saturated heterocycles. The smallest absolute Gasteiger partial charge is 0.258 e. The molecule has 39 N–H and O–H groups in total. The predicted octanol–water partition coefficient (Wildman–Crippen LogP) is -15.6. The Bertz CT molecular complexity index is 3680. The summed E-state index contributed by atoms with van der Waals surface area (Å²) < 4.78 is 0. The molecule has 49 heteroatoms. The van der Waals surface area contributed by atoms with Gasteiger partial charge in [0.1, 0.15) is 18.6 Å². The summed E-state index contributed by atoms with van der Waals surface area (Å²) in [4.78, 5) is 320. The SMILES string of the molecule is CC[C@H](C)C(N)C(=O)C(NC(=O)C(NC(=O)C(CC(=O)[C@H](C)NC)NC(=O)C(NC(=O)C(NC(=O)C(NC(=O)C(NC(=O)C(NC(=O)C(NC(=O)C(NC(C)=O)C(=O)CN)C(=O)[C@@H](N)CCC(N)=O)C(=O)[C@@H](N)C(C)C)C(=O)CN)C(=O)[C@@H](N)CCCNC(N)N)C(=O)[C@@H](N)CCC(N)=O)N[C@H](C=O)CC(C)C)C(=O)C(N)[C@@H](C)CC)C(N)=O. The molecule has 0 aromatic heterocycles. The first-order valence-electron chi connectivity index (χ1n) is 38.0. The minimum Gasteiger partial charge on any atom is -0.370 e. The second kappa shape index (κ2) is 53.0. The highest BCUT2D eigenvalue weighted by atomic mass is 16.2. The van der Waals surface area contributed by atoms with Crippen molar-refractivity contribution in [2.45, 2.75) is 249 Å². The fourth-order valence-corrected chi connectivity index (χ4v) is 10.8. The van der Waals surface area contributed by atoms with E-state index in [0.29, 0.717) is 6.42 Å². The number of amides is 13. The van der Waals surface area contributed by atoms with Gasteiger partial charge in [-0.15, -0.1) is 0 Å². The quantitative estimate of drug-likeness (QED) is 0.0116. The van der Waals surface area contributed by atoms with Crippen molar-refractivity contribution in [1.29, 1.82) is 0 Å². The summed E-state index contributed by atoms with van der Waals surface area (Å²) in [5, 5.41) is 27.3. The van der Waals surface area contributed by atoms with Gasteiger partial charge >= 0.3 is 0 Å². The van der Waals surface area contributed by atoms with E-state index in [4.69, 9.17) is 74.5 Å². The van der Waals surface area contributed by atoms with E-state index in [-0.39, 0.29) is 32.1 Å². The molecule has 0 aromatic carbocycles. The van der Waals surface area contributed by atoms with E-state index < -0.39 is 319 Å². The Morgan fingerprint density at radius 2 is 0.739 bits per heavy atom. The highest BCUT2D eigenvalue weighted by molar-refractivity contribution is 6.21. The lowest BCUT2D eigenvalue weighted by atomic mass is 9.90. The molecular formula is C70H122N26O23. The fraction of sp³-hybridized carbons (Fsp3) is 0.671. The van der Waals surface area contributed by atoms with Gasteiger partial charge in [-0.1, -0.05) is 68.2 Å². The Morgan fingerprint density at radius 1 is 0.395 bits per heavy atom. The van der Waals surface area contributed by atoms with E-state index in [9.17, 15) is 95.9 Å². The predicted molar refractivity (Wildman–Crippen MR) is 421 cm³/mol. The Morgan fingerprint density at radius 3 is 1.08 bits per heavy atom. The number of primary amides is 3. The zero-order chi connectivity index (χ0) is 92.1. The largest absolute Gasteiger partial charge is 0.370 e. The van der Waals surface area contributed by atoms with Crippen molar-refractivity contribution in [3.63, 3.8) is 0 Å². The van der Waals surface area contributed by atoms with E-state index in [1.54, 1.807) is 34.6 Å². The van der Waals surface area contributed by atoms with Gasteiger partial charge in [0.25, 0.3) is 47.3 Å². The monoisotopic (exact) mass is 1690 g/mol. The van der Waals surface area contributed by atoms with Crippen LogP contribution in [0.4, 0.5) is 0 Å². The van der Waals surface area contributed by atoms with Crippen LogP contribution in [0.5, 0.6) is 0 Å². The van der Waals surface area contributed by atoms with Crippen LogP contribution in [0.15, 0.2) is 0 Å². The summed E-state index contributed by atoms with van der Waals surface area (Å²) in [6, 6.07) is -36.8. The molecule has 13 amide bonds. The van der Waals surface area contributed by atoms with Crippen molar-refractivity contribution in [2.24, 2.45) is 98.2 Å². The Hall–Kier alpha value is -10.7. The number of Topliss-reactive ketones (excluding diaryl/α,β-unsaturated/α-hetero) is 9. The van der Waals surface area contributed by atoms with Gasteiger partial charge < -0.3 is 138 Å². The molecule has 0 fully saturated rings. The maximum Gasteiger partial charge on any atom is 0.258 e. The van der Waals surface area contributed by atoms with E-state index in [1.165, 1.54) is 34.7 Å². The minimum absolute atomic E-state index is 0.102. The molecular weight excluding hydrogens is 1570 g/mol. The molecule has 12 unspecified atom stereocenters. The molecule has 0 radical (unpaired) electrons. The molecule has 49 nitrogen and oxygen atoms in total. The van der Waals surface area contributed by atoms with Gasteiger partial charge in [-0.05, 0) is 76.3 Å². The first-order chi connectivity index (χ1) is 55.3. The number of nitrogens with two attached hydrogens (primary N) is 13. The maximum atomic E-state index is 15.2. The van der Waals surface area contributed by atoms with Gasteiger partial charge in [0.2, 0.25) is 29.5 Å². The third-order valence-electron chi connectivity index (χ3n) is 18.8. The third kappa shape index (κ3) is 35.8. The van der Waals surface area contributed by atoms with Gasteiger partial charge in [0.15, 0.2) is 107 Å². The average molecular weight is 1700 g/mol. The van der Waals surface area contributed by atoms with Crippen LogP contribution in [0, 0.1) is 23.7 Å². The number of aldehydes is 1. The highest BCUT2D eigenvalue weighted by Crippen LogP contribution is 2.15. The standard InChI is InChI=1S/C70H122N26O23/c1-12-28(7)43(79)57(108)47(59(81)110)90-67(117)52(58(109)44(80)29(8)13-2)91-61(111)36(22-37(99)30(9)84-11)88-69(119)60(87-32(25-97)21-26(3)4)96-68(118)50(55(106)35(75)17-19-41(77)103)94-64(114)48(53(104)33(73)15-14-20-85-70(82)83)93-63(113)46(39(101)24-72)89-66(116)51(56(107)42(78)27(5)6)95-65(115)49(54(105)34(74)16-18-40(76)102)92-62(112)45(38(100)23-71)86-31(10)98/h25-30,32-36,42-52,60,70,84-85,87H,12-24,71-75,78-80,82-83H2,1-11H3,(H2,76,102)(H2,77,103)(H2,81,110)(H,86,98)(H,88,119)(H,89,116)(H,90,117)(H,91,111)(H,92,112)(H,93,113)(H,94,114)(H,95,115)(H,96,118)/t28-,29-,30-,32-,33-,34-,35-,36?,42-,43?,44?,45?,46?,47?,48?,49?,50?,51?,52?,60?/m0/s1. The zero-order valence-corrected chi connectivity index (χ0v) is 68.4. The van der Waals surface area contributed by atoms with Crippen LogP contribution in [0.1, 0.15) is 133 Å². The molecule has 0 aliphatic carbocycles. The molecule has 0 saturated carbocycles. The molecule has 0 aliphatic heterocycles. The summed E-state index contributed by atoms with van der Waals surface area (Å²) in [6.07, 6.45) is -7.51. The number of nitrogens with one attached hydrogen (secondary N) is 13. The topological polar surface area (TPSA) is 887 Å². The Kier molecular flexibility index (Phi) is 48.2. The van der Waals surface area contributed by atoms with E-state index in [0.717, 1.165) is 6.92 Å². The number of rotatable bonds is 61. The van der Waals surface area contributed by atoms with Gasteiger partial charge in [-0.2, -0.15) is 0 Å². The van der Waals surface area contributed by atoms with Crippen molar-refractivity contribution in [3.05, 3.63) is 0 Å². The van der Waals surface area contributed by atoms with E-state index in [1.807, 2.05) is 37.2 Å². The summed E-state index contributed by atoms with van der Waals surface area (Å²) in [7, 11) is 1.31. The van der Waals surface area contributed by atoms with E-state index >= 15 is 14.4 Å². The second-order valence-corrected chi connectivity index (χ2v) is 29.1. The summed E-state index contributed by atoms with van der Waals surface area (Å²) in [6.45, 7) is 12.0. The molecule has 0 bridgehead atoms. The number of carbonyl (C=O) groups is 23. The van der Waals surface area contributed by atoms with Gasteiger partial charge in [0, 0.05) is 26.2 Å². The molecule has 119 heavy (non-hydrogen) atoms. The number of hydrogen-bond donors (Lipinski definition) is 26. The molecule has 0 spiro atoms. The summed E-state index contributed by atoms with van der Waals surface area (Å²) >= 11 is 0. The van der Waals surface area contributed by atoms with E-state index in [2.05, 4.69) is 31.9 Å².